The lowest BCUT2D eigenvalue weighted by atomic mass is 10.0. The molecule has 2 aromatic carbocycles. The van der Waals surface area contributed by atoms with Gasteiger partial charge in [0.15, 0.2) is 5.96 Å². The fraction of sp³-hybridized carbons (Fsp3) is 0.379. The van der Waals surface area contributed by atoms with E-state index in [4.69, 9.17) is 15.2 Å². The van der Waals surface area contributed by atoms with Crippen molar-refractivity contribution in [2.45, 2.75) is 52.3 Å². The van der Waals surface area contributed by atoms with Gasteiger partial charge in [-0.15, -0.1) is 0 Å². The smallest absolute Gasteiger partial charge is 0.414 e. The molecule has 0 saturated heterocycles. The lowest BCUT2D eigenvalue weighted by molar-refractivity contribution is -0.148. The number of rotatable bonds is 12. The molecule has 12 nitrogen and oxygen atoms in total. The molecule has 218 valence electrons. The number of esters is 1. The minimum absolute atomic E-state index is 0.0684. The van der Waals surface area contributed by atoms with Crippen LogP contribution < -0.4 is 16.4 Å². The summed E-state index contributed by atoms with van der Waals surface area (Å²) in [4.78, 5) is 69.0. The molecule has 4 N–H and O–H groups in total. The maximum absolute atomic E-state index is 13.4. The lowest BCUT2D eigenvalue weighted by Gasteiger charge is -2.30. The number of guanidine groups is 1. The van der Waals surface area contributed by atoms with Crippen molar-refractivity contribution in [1.82, 2.24) is 15.5 Å². The number of carbonyl (C=O) groups is 5. The third-order valence-corrected chi connectivity index (χ3v) is 6.27. The Morgan fingerprint density at radius 2 is 1.56 bits per heavy atom. The van der Waals surface area contributed by atoms with E-state index < -0.39 is 47.8 Å². The first-order chi connectivity index (χ1) is 19.6. The Bertz CT molecular complexity index is 1260. The van der Waals surface area contributed by atoms with Crippen molar-refractivity contribution in [3.63, 3.8) is 0 Å². The third kappa shape index (κ3) is 8.13. The van der Waals surface area contributed by atoms with Gasteiger partial charge >= 0.3 is 12.1 Å². The molecule has 0 radical (unpaired) electrons. The second-order valence-electron chi connectivity index (χ2n) is 9.62. The van der Waals surface area contributed by atoms with Gasteiger partial charge in [-0.25, -0.2) is 9.59 Å². The van der Waals surface area contributed by atoms with Crippen molar-refractivity contribution in [2.75, 3.05) is 13.2 Å². The molecule has 4 amide bonds. The predicted octanol–water partition coefficient (Wildman–Crippen LogP) is 2.38. The first-order valence-electron chi connectivity index (χ1n) is 13.4. The number of imide groups is 1. The molecule has 0 saturated carbocycles. The summed E-state index contributed by atoms with van der Waals surface area (Å²) in [7, 11) is 0. The van der Waals surface area contributed by atoms with Crippen molar-refractivity contribution in [1.29, 1.82) is 0 Å². The summed E-state index contributed by atoms with van der Waals surface area (Å²) >= 11 is 0. The molecule has 1 aliphatic rings. The molecule has 3 rings (SSSR count). The molecular formula is C29H35N5O7. The Balaban J connectivity index is 1.58. The number of fused-ring (bicyclic) bond motifs is 1. The first kappa shape index (κ1) is 30.8. The molecule has 12 heteroatoms. The van der Waals surface area contributed by atoms with Crippen LogP contribution in [-0.4, -0.2) is 65.9 Å². The van der Waals surface area contributed by atoms with E-state index in [9.17, 15) is 24.0 Å². The fourth-order valence-corrected chi connectivity index (χ4v) is 4.33. The molecule has 2 aromatic rings. The SMILES string of the molecule is CCOC(=O)[C@@H](CCCN=C(N)NC(=O)OCc1ccccc1)NC(=O)[C@@H](C(C)C)N1C(=O)c2ccccc2C1=O. The maximum atomic E-state index is 13.4. The Hall–Kier alpha value is -4.74. The summed E-state index contributed by atoms with van der Waals surface area (Å²) in [5.74, 6) is -3.04. The number of hydrogen-bond donors (Lipinski definition) is 3. The number of alkyl carbamates (subject to hydrolysis) is 1. The molecule has 2 atom stereocenters. The number of hydrogen-bond acceptors (Lipinski definition) is 8. The number of nitrogens with two attached hydrogens (primary N) is 1. The molecule has 0 unspecified atom stereocenters. The Kier molecular flexibility index (Phi) is 11.0. The molecule has 0 aromatic heterocycles. The average Bonchev–Trinajstić information content (AvgIpc) is 3.19. The standard InChI is InChI=1S/C29H35N5O7/c1-4-40-27(38)22(15-10-16-31-28(30)33-29(39)41-17-19-11-6-5-7-12-19)32-24(35)23(18(2)3)34-25(36)20-13-8-9-14-21(20)26(34)37/h5-9,11-14,18,22-23H,4,10,15-17H2,1-3H3,(H,32,35)(H3,30,31,33,39)/t22-,23-/m1/s1. The highest BCUT2D eigenvalue weighted by atomic mass is 16.5. The van der Waals surface area contributed by atoms with Gasteiger partial charge in [-0.2, -0.15) is 0 Å². The number of amides is 4. The number of benzene rings is 2. The van der Waals surface area contributed by atoms with Crippen LogP contribution in [0.3, 0.4) is 0 Å². The van der Waals surface area contributed by atoms with Gasteiger partial charge in [0.1, 0.15) is 18.7 Å². The molecule has 41 heavy (non-hydrogen) atoms. The lowest BCUT2D eigenvalue weighted by Crippen LogP contribution is -2.55. The number of carbonyl (C=O) groups excluding carboxylic acids is 5. The summed E-state index contributed by atoms with van der Waals surface area (Å²) in [6.45, 7) is 5.35. The van der Waals surface area contributed by atoms with E-state index in [-0.39, 0.29) is 43.3 Å². The van der Waals surface area contributed by atoms with E-state index >= 15 is 0 Å². The highest BCUT2D eigenvalue weighted by Crippen LogP contribution is 2.27. The van der Waals surface area contributed by atoms with E-state index in [0.29, 0.717) is 6.42 Å². The second-order valence-corrected chi connectivity index (χ2v) is 9.62. The summed E-state index contributed by atoms with van der Waals surface area (Å²) < 4.78 is 10.2. The molecule has 0 aliphatic carbocycles. The normalized spacial score (nSPS) is 14.3. The maximum Gasteiger partial charge on any atom is 0.414 e. The summed E-state index contributed by atoms with van der Waals surface area (Å²) in [6, 6.07) is 13.3. The summed E-state index contributed by atoms with van der Waals surface area (Å²) in [5.41, 5.74) is 7.03. The molecule has 1 aliphatic heterocycles. The zero-order chi connectivity index (χ0) is 29.9. The highest BCUT2D eigenvalue weighted by molar-refractivity contribution is 6.23. The van der Waals surface area contributed by atoms with Crippen LogP contribution >= 0.6 is 0 Å². The molecule has 0 fully saturated rings. The van der Waals surface area contributed by atoms with Gasteiger partial charge in [0.25, 0.3) is 11.8 Å². The van der Waals surface area contributed by atoms with E-state index in [1.165, 1.54) is 12.1 Å². The van der Waals surface area contributed by atoms with Gasteiger partial charge in [0.2, 0.25) is 5.91 Å². The van der Waals surface area contributed by atoms with Gasteiger partial charge in [0, 0.05) is 6.54 Å². The predicted molar refractivity (Wildman–Crippen MR) is 150 cm³/mol. The van der Waals surface area contributed by atoms with Crippen LogP contribution in [0.5, 0.6) is 0 Å². The van der Waals surface area contributed by atoms with E-state index in [0.717, 1.165) is 10.5 Å². The van der Waals surface area contributed by atoms with E-state index in [2.05, 4.69) is 15.6 Å². The van der Waals surface area contributed by atoms with Crippen LogP contribution in [0.25, 0.3) is 0 Å². The van der Waals surface area contributed by atoms with Gasteiger partial charge in [0.05, 0.1) is 17.7 Å². The quantitative estimate of drug-likeness (QED) is 0.116. The number of aliphatic imine (C=N–C) groups is 1. The molecule has 0 bridgehead atoms. The van der Waals surface area contributed by atoms with Gasteiger partial charge in [-0.1, -0.05) is 56.3 Å². The van der Waals surface area contributed by atoms with Crippen molar-refractivity contribution in [2.24, 2.45) is 16.6 Å². The Morgan fingerprint density at radius 1 is 0.951 bits per heavy atom. The average molecular weight is 566 g/mol. The molecular weight excluding hydrogens is 530 g/mol. The fourth-order valence-electron chi connectivity index (χ4n) is 4.33. The van der Waals surface area contributed by atoms with Crippen molar-refractivity contribution >= 4 is 35.7 Å². The van der Waals surface area contributed by atoms with Gasteiger partial charge < -0.3 is 20.5 Å². The third-order valence-electron chi connectivity index (χ3n) is 6.27. The van der Waals surface area contributed by atoms with Crippen molar-refractivity contribution in [3.05, 3.63) is 71.3 Å². The largest absolute Gasteiger partial charge is 0.464 e. The topological polar surface area (TPSA) is 169 Å². The molecule has 1 heterocycles. The first-order valence-corrected chi connectivity index (χ1v) is 13.4. The number of nitrogens with one attached hydrogen (secondary N) is 2. The van der Waals surface area contributed by atoms with Crippen LogP contribution in [-0.2, 0) is 25.7 Å². The van der Waals surface area contributed by atoms with E-state index in [1.54, 1.807) is 32.9 Å². The minimum Gasteiger partial charge on any atom is -0.464 e. The van der Waals surface area contributed by atoms with Crippen molar-refractivity contribution < 1.29 is 33.4 Å². The Labute approximate surface area is 238 Å². The second kappa shape index (κ2) is 14.6. The van der Waals surface area contributed by atoms with E-state index in [1.807, 2.05) is 30.3 Å². The molecule has 0 spiro atoms. The van der Waals surface area contributed by atoms with Crippen LogP contribution in [0.1, 0.15) is 59.9 Å². The van der Waals surface area contributed by atoms with Crippen LogP contribution in [0, 0.1) is 5.92 Å². The monoisotopic (exact) mass is 565 g/mol. The summed E-state index contributed by atoms with van der Waals surface area (Å²) in [6.07, 6.45) is -0.336. The van der Waals surface area contributed by atoms with Crippen molar-refractivity contribution in [3.8, 4) is 0 Å². The number of nitrogens with zero attached hydrogens (tertiary/aromatic N) is 2. The summed E-state index contributed by atoms with van der Waals surface area (Å²) in [5, 5.41) is 4.98. The zero-order valence-electron chi connectivity index (χ0n) is 23.3. The Morgan fingerprint density at radius 3 is 2.15 bits per heavy atom. The number of ether oxygens (including phenoxy) is 2. The van der Waals surface area contributed by atoms with Gasteiger partial charge in [-0.3, -0.25) is 29.6 Å². The zero-order valence-corrected chi connectivity index (χ0v) is 23.3. The minimum atomic E-state index is -1.14. The van der Waals surface area contributed by atoms with Crippen LogP contribution in [0.2, 0.25) is 0 Å². The highest BCUT2D eigenvalue weighted by Gasteiger charge is 2.44. The van der Waals surface area contributed by atoms with Gasteiger partial charge in [-0.05, 0) is 43.4 Å². The van der Waals surface area contributed by atoms with Crippen LogP contribution in [0.15, 0.2) is 59.6 Å². The van der Waals surface area contributed by atoms with Crippen LogP contribution in [0.4, 0.5) is 4.79 Å².